The van der Waals surface area contributed by atoms with Crippen LogP contribution in [0.25, 0.3) is 84.8 Å². The molecule has 0 amide bonds. The largest absolute Gasteiger partial charge is 0.309 e. The molecule has 42 heavy (non-hydrogen) atoms. The highest BCUT2D eigenvalue weighted by atomic mass is 32.1. The van der Waals surface area contributed by atoms with Crippen LogP contribution in [-0.4, -0.2) is 14.1 Å². The van der Waals surface area contributed by atoms with E-state index in [2.05, 4.69) is 137 Å². The highest BCUT2D eigenvalue weighted by molar-refractivity contribution is 7.26. The maximum atomic E-state index is 5.34. The van der Waals surface area contributed by atoms with Crippen molar-refractivity contribution in [1.29, 1.82) is 0 Å². The molecule has 0 saturated carbocycles. The molecule has 196 valence electrons. The molecule has 4 heterocycles. The van der Waals surface area contributed by atoms with Crippen molar-refractivity contribution in [2.75, 3.05) is 0 Å². The minimum Gasteiger partial charge on any atom is -0.309 e. The minimum absolute atomic E-state index is 1.00. The number of fused-ring (bicyclic) bond motifs is 11. The third-order valence-corrected chi connectivity index (χ3v) is 10.7. The first-order chi connectivity index (χ1) is 20.8. The highest BCUT2D eigenvalue weighted by Gasteiger charge is 2.19. The van der Waals surface area contributed by atoms with Crippen LogP contribution >= 0.6 is 22.7 Å². The molecule has 0 saturated heterocycles. The smallest absolute Gasteiger partial charge is 0.195 e. The molecule has 0 bridgehead atoms. The van der Waals surface area contributed by atoms with Crippen LogP contribution in [0.1, 0.15) is 0 Å². The van der Waals surface area contributed by atoms with Gasteiger partial charge in [0, 0.05) is 47.4 Å². The number of nitrogens with zero attached hydrogens (tertiary/aromatic N) is 3. The van der Waals surface area contributed by atoms with Crippen molar-refractivity contribution in [3.63, 3.8) is 0 Å². The lowest BCUT2D eigenvalue weighted by atomic mass is 10.1. The Labute approximate surface area is 248 Å². The van der Waals surface area contributed by atoms with Crippen molar-refractivity contribution in [3.8, 4) is 10.8 Å². The summed E-state index contributed by atoms with van der Waals surface area (Å²) in [6.07, 6.45) is 0. The normalized spacial score (nSPS) is 12.3. The second-order valence-corrected chi connectivity index (χ2v) is 12.9. The molecular formula is C37H21N3S2. The number of thiazole rings is 1. The Balaban J connectivity index is 1.26. The third-order valence-electron chi connectivity index (χ3n) is 8.57. The van der Waals surface area contributed by atoms with Gasteiger partial charge in [-0.3, -0.25) is 4.57 Å². The van der Waals surface area contributed by atoms with E-state index >= 15 is 0 Å². The van der Waals surface area contributed by atoms with Gasteiger partial charge < -0.3 is 4.57 Å². The lowest BCUT2D eigenvalue weighted by Gasteiger charge is -2.09. The monoisotopic (exact) mass is 571 g/mol. The SMILES string of the molecule is c1ccc2c(c1)sc1ccc3sc(-n4c5ccccc5c5cc(-n6c7ccccc7c7ccccc76)ccc54)nc3c12. The van der Waals surface area contributed by atoms with Crippen LogP contribution in [0.4, 0.5) is 0 Å². The summed E-state index contributed by atoms with van der Waals surface area (Å²) in [7, 11) is 0. The van der Waals surface area contributed by atoms with Gasteiger partial charge in [0.1, 0.15) is 0 Å². The van der Waals surface area contributed by atoms with Crippen molar-refractivity contribution in [2.24, 2.45) is 0 Å². The van der Waals surface area contributed by atoms with Crippen molar-refractivity contribution < 1.29 is 0 Å². The average molecular weight is 572 g/mol. The van der Waals surface area contributed by atoms with Gasteiger partial charge in [-0.25, -0.2) is 4.98 Å². The quantitative estimate of drug-likeness (QED) is 0.202. The maximum Gasteiger partial charge on any atom is 0.195 e. The van der Waals surface area contributed by atoms with Crippen LogP contribution in [0.15, 0.2) is 127 Å². The molecule has 10 rings (SSSR count). The topological polar surface area (TPSA) is 22.8 Å². The van der Waals surface area contributed by atoms with E-state index in [1.165, 1.54) is 74.2 Å². The van der Waals surface area contributed by atoms with E-state index in [1.807, 2.05) is 11.3 Å². The van der Waals surface area contributed by atoms with Crippen molar-refractivity contribution in [3.05, 3.63) is 127 Å². The molecule has 6 aromatic carbocycles. The van der Waals surface area contributed by atoms with Gasteiger partial charge in [0.05, 0.1) is 32.3 Å². The summed E-state index contributed by atoms with van der Waals surface area (Å²) in [6.45, 7) is 0. The first-order valence-electron chi connectivity index (χ1n) is 14.1. The van der Waals surface area contributed by atoms with Gasteiger partial charge in [-0.05, 0) is 54.6 Å². The molecule has 0 aliphatic heterocycles. The molecular weight excluding hydrogens is 551 g/mol. The molecule has 0 unspecified atom stereocenters. The molecule has 0 N–H and O–H groups in total. The zero-order chi connectivity index (χ0) is 27.4. The average Bonchev–Trinajstić information content (AvgIpc) is 3.79. The fourth-order valence-corrected chi connectivity index (χ4v) is 8.90. The highest BCUT2D eigenvalue weighted by Crippen LogP contribution is 2.42. The predicted octanol–water partition coefficient (Wildman–Crippen LogP) is 10.9. The Morgan fingerprint density at radius 3 is 1.74 bits per heavy atom. The van der Waals surface area contributed by atoms with Crippen LogP contribution in [0, 0.1) is 0 Å². The van der Waals surface area contributed by atoms with Gasteiger partial charge in [-0.1, -0.05) is 84.1 Å². The van der Waals surface area contributed by atoms with Gasteiger partial charge in [-0.2, -0.15) is 0 Å². The third kappa shape index (κ3) is 2.96. The Hall–Kier alpha value is -4.97. The summed E-state index contributed by atoms with van der Waals surface area (Å²) in [5.74, 6) is 0. The first kappa shape index (κ1) is 22.7. The predicted molar refractivity (Wildman–Crippen MR) is 181 cm³/mol. The number of hydrogen-bond acceptors (Lipinski definition) is 3. The van der Waals surface area contributed by atoms with Gasteiger partial charge >= 0.3 is 0 Å². The summed E-state index contributed by atoms with van der Waals surface area (Å²) >= 11 is 3.61. The molecule has 5 heteroatoms. The Morgan fingerprint density at radius 2 is 1.00 bits per heavy atom. The zero-order valence-electron chi connectivity index (χ0n) is 22.3. The van der Waals surface area contributed by atoms with E-state index in [0.717, 1.165) is 10.6 Å². The maximum absolute atomic E-state index is 5.34. The Kier molecular flexibility index (Phi) is 4.48. The molecule has 4 aromatic heterocycles. The van der Waals surface area contributed by atoms with Gasteiger partial charge in [-0.15, -0.1) is 11.3 Å². The molecule has 3 nitrogen and oxygen atoms in total. The lowest BCUT2D eigenvalue weighted by molar-refractivity contribution is 1.14. The van der Waals surface area contributed by atoms with Crippen molar-refractivity contribution in [1.82, 2.24) is 14.1 Å². The molecule has 0 atom stereocenters. The van der Waals surface area contributed by atoms with Crippen molar-refractivity contribution >= 4 is 96.7 Å². The van der Waals surface area contributed by atoms with E-state index in [1.54, 1.807) is 11.3 Å². The lowest BCUT2D eigenvalue weighted by Crippen LogP contribution is -1.95. The summed E-state index contributed by atoms with van der Waals surface area (Å²) < 4.78 is 8.56. The van der Waals surface area contributed by atoms with Gasteiger partial charge in [0.25, 0.3) is 0 Å². The molecule has 10 aromatic rings. The fourth-order valence-electron chi connectivity index (χ4n) is 6.79. The number of thiophene rings is 1. The Bertz CT molecular complexity index is 2650. The van der Waals surface area contributed by atoms with Crippen molar-refractivity contribution in [2.45, 2.75) is 0 Å². The molecule has 0 fully saturated rings. The van der Waals surface area contributed by atoms with E-state index in [-0.39, 0.29) is 0 Å². The van der Waals surface area contributed by atoms with Crippen LogP contribution in [0.2, 0.25) is 0 Å². The number of rotatable bonds is 2. The Morgan fingerprint density at radius 1 is 0.429 bits per heavy atom. The molecule has 0 spiro atoms. The van der Waals surface area contributed by atoms with Crippen LogP contribution in [-0.2, 0) is 0 Å². The van der Waals surface area contributed by atoms with Crippen LogP contribution in [0.5, 0.6) is 0 Å². The van der Waals surface area contributed by atoms with E-state index < -0.39 is 0 Å². The molecule has 0 radical (unpaired) electrons. The van der Waals surface area contributed by atoms with Gasteiger partial charge in [0.15, 0.2) is 5.13 Å². The standard InChI is InChI=1S/C37H21N3S2/c1-5-13-28-23(9-1)24-10-2-6-14-29(24)39(28)22-17-18-31-27(21-22)25-11-3-7-15-30(25)40(31)37-38-36-34(42-37)20-19-33-35(36)26-12-4-8-16-32(26)41-33/h1-21H. The van der Waals surface area contributed by atoms with E-state index in [0.29, 0.717) is 0 Å². The summed E-state index contributed by atoms with van der Waals surface area (Å²) in [5, 5.41) is 8.58. The van der Waals surface area contributed by atoms with Crippen LogP contribution < -0.4 is 0 Å². The second kappa shape index (κ2) is 8.29. The zero-order valence-corrected chi connectivity index (χ0v) is 23.9. The first-order valence-corrected chi connectivity index (χ1v) is 15.7. The summed E-state index contributed by atoms with van der Waals surface area (Å²) in [4.78, 5) is 5.34. The van der Waals surface area contributed by atoms with Gasteiger partial charge in [0.2, 0.25) is 0 Å². The fraction of sp³-hybridized carbons (Fsp3) is 0. The van der Waals surface area contributed by atoms with Crippen LogP contribution in [0.3, 0.4) is 0 Å². The van der Waals surface area contributed by atoms with E-state index in [4.69, 9.17) is 4.98 Å². The molecule has 0 aliphatic rings. The molecule has 0 aliphatic carbocycles. The summed E-state index contributed by atoms with van der Waals surface area (Å²) in [6, 6.07) is 46.2. The number of para-hydroxylation sites is 3. The second-order valence-electron chi connectivity index (χ2n) is 10.8. The minimum atomic E-state index is 1.00. The summed E-state index contributed by atoms with van der Waals surface area (Å²) in [5.41, 5.74) is 7.06. The van der Waals surface area contributed by atoms with E-state index in [9.17, 15) is 0 Å². The number of aromatic nitrogens is 3. The number of benzene rings is 6. The number of hydrogen-bond donors (Lipinski definition) is 0.